The van der Waals surface area contributed by atoms with E-state index in [2.05, 4.69) is 25.5 Å². The van der Waals surface area contributed by atoms with Crippen LogP contribution in [0.5, 0.6) is 11.5 Å². The first-order valence-electron chi connectivity index (χ1n) is 10.5. The maximum atomic E-state index is 12.5. The number of piperidine rings is 1. The highest BCUT2D eigenvalue weighted by atomic mass is 16.5. The van der Waals surface area contributed by atoms with E-state index in [4.69, 9.17) is 9.47 Å². The molecular weight excluding hydrogens is 382 g/mol. The van der Waals surface area contributed by atoms with E-state index in [0.717, 1.165) is 50.5 Å². The second kappa shape index (κ2) is 10.7. The van der Waals surface area contributed by atoms with Crippen LogP contribution in [0, 0.1) is 5.92 Å². The van der Waals surface area contributed by atoms with Crippen LogP contribution in [0.25, 0.3) is 0 Å². The largest absolute Gasteiger partial charge is 0.497 e. The fourth-order valence-corrected chi connectivity index (χ4v) is 3.76. The third kappa shape index (κ3) is 5.75. The lowest BCUT2D eigenvalue weighted by Gasteiger charge is -2.33. The Bertz CT molecular complexity index is 845. The number of benzene rings is 1. The van der Waals surface area contributed by atoms with E-state index in [-0.39, 0.29) is 5.91 Å². The Morgan fingerprint density at radius 3 is 2.87 bits per heavy atom. The summed E-state index contributed by atoms with van der Waals surface area (Å²) in [4.78, 5) is 23.5. The molecule has 8 heteroatoms. The van der Waals surface area contributed by atoms with E-state index >= 15 is 0 Å². The molecule has 2 heterocycles. The number of methoxy groups -OCH3 is 2. The Balaban J connectivity index is 1.53. The summed E-state index contributed by atoms with van der Waals surface area (Å²) in [5, 5.41) is 6.18. The van der Waals surface area contributed by atoms with Crippen molar-refractivity contribution in [3.05, 3.63) is 30.6 Å². The molecule has 0 spiro atoms. The van der Waals surface area contributed by atoms with Gasteiger partial charge in [0.1, 0.15) is 29.5 Å². The molecule has 1 aliphatic rings. The summed E-state index contributed by atoms with van der Waals surface area (Å²) in [7, 11) is 3.18. The predicted octanol–water partition coefficient (Wildman–Crippen LogP) is 3.56. The minimum atomic E-state index is -0.00735. The number of hydrogen-bond acceptors (Lipinski definition) is 7. The van der Waals surface area contributed by atoms with Gasteiger partial charge >= 0.3 is 0 Å². The van der Waals surface area contributed by atoms with Crippen molar-refractivity contribution in [2.24, 2.45) is 5.92 Å². The Morgan fingerprint density at radius 1 is 1.23 bits per heavy atom. The fourth-order valence-electron chi connectivity index (χ4n) is 3.76. The number of anilines is 3. The number of rotatable bonds is 9. The van der Waals surface area contributed by atoms with Crippen LogP contribution in [-0.2, 0) is 4.79 Å². The second-order valence-corrected chi connectivity index (χ2v) is 7.40. The lowest BCUT2D eigenvalue weighted by Crippen LogP contribution is -2.36. The molecular formula is C22H31N5O3. The van der Waals surface area contributed by atoms with Gasteiger partial charge in [-0.2, -0.15) is 0 Å². The van der Waals surface area contributed by atoms with Crippen LogP contribution >= 0.6 is 0 Å². The molecule has 2 N–H and O–H groups in total. The summed E-state index contributed by atoms with van der Waals surface area (Å²) in [5.41, 5.74) is 0.658. The summed E-state index contributed by atoms with van der Waals surface area (Å²) in [6.45, 7) is 4.76. The van der Waals surface area contributed by atoms with Crippen molar-refractivity contribution in [3.8, 4) is 11.5 Å². The highest BCUT2D eigenvalue weighted by molar-refractivity contribution is 5.92. The zero-order chi connectivity index (χ0) is 21.3. The van der Waals surface area contributed by atoms with Gasteiger partial charge in [-0.1, -0.05) is 0 Å². The summed E-state index contributed by atoms with van der Waals surface area (Å²) >= 11 is 0. The lowest BCUT2D eigenvalue weighted by atomic mass is 9.93. The Labute approximate surface area is 178 Å². The molecule has 8 nitrogen and oxygen atoms in total. The number of ether oxygens (including phenoxy) is 2. The van der Waals surface area contributed by atoms with Gasteiger partial charge in [0.05, 0.1) is 19.9 Å². The third-order valence-electron chi connectivity index (χ3n) is 5.32. The van der Waals surface area contributed by atoms with Crippen LogP contribution in [0.2, 0.25) is 0 Å². The number of nitrogens with one attached hydrogen (secondary N) is 2. The van der Waals surface area contributed by atoms with Crippen LogP contribution < -0.4 is 25.0 Å². The number of carbonyl (C=O) groups is 1. The van der Waals surface area contributed by atoms with Crippen LogP contribution in [0.3, 0.4) is 0 Å². The van der Waals surface area contributed by atoms with Gasteiger partial charge in [-0.05, 0) is 44.2 Å². The Morgan fingerprint density at radius 2 is 2.10 bits per heavy atom. The van der Waals surface area contributed by atoms with Crippen molar-refractivity contribution in [3.63, 3.8) is 0 Å². The van der Waals surface area contributed by atoms with Crippen molar-refractivity contribution in [2.45, 2.75) is 32.6 Å². The lowest BCUT2D eigenvalue weighted by molar-refractivity contribution is -0.116. The summed E-state index contributed by atoms with van der Waals surface area (Å²) in [6, 6.07) is 7.36. The van der Waals surface area contributed by atoms with Crippen LogP contribution in [0.4, 0.5) is 17.3 Å². The molecule has 162 valence electrons. The Hall–Kier alpha value is -3.03. The van der Waals surface area contributed by atoms with Crippen molar-refractivity contribution >= 4 is 23.2 Å². The van der Waals surface area contributed by atoms with Crippen LogP contribution in [0.15, 0.2) is 30.6 Å². The molecule has 0 aliphatic carbocycles. The van der Waals surface area contributed by atoms with Gasteiger partial charge in [-0.25, -0.2) is 9.97 Å². The Kier molecular flexibility index (Phi) is 7.70. The molecule has 0 saturated carbocycles. The van der Waals surface area contributed by atoms with Crippen LogP contribution in [0.1, 0.15) is 32.6 Å². The van der Waals surface area contributed by atoms with Crippen molar-refractivity contribution in [1.29, 1.82) is 0 Å². The first-order valence-corrected chi connectivity index (χ1v) is 10.5. The van der Waals surface area contributed by atoms with Crippen molar-refractivity contribution in [2.75, 3.05) is 49.4 Å². The monoisotopic (exact) mass is 413 g/mol. The van der Waals surface area contributed by atoms with Gasteiger partial charge in [-0.3, -0.25) is 4.79 Å². The topological polar surface area (TPSA) is 88.6 Å². The third-order valence-corrected chi connectivity index (χ3v) is 5.32. The molecule has 1 aromatic heterocycles. The highest BCUT2D eigenvalue weighted by Crippen LogP contribution is 2.30. The first kappa shape index (κ1) is 21.7. The molecule has 3 rings (SSSR count). The molecule has 1 atom stereocenters. The standard InChI is InChI=1S/C22H31N5O3/c1-4-23-20-13-21(25-15-24-20)27-11-5-6-16(14-27)7-10-22(28)26-18-9-8-17(29-2)12-19(18)30-3/h8-9,12-13,15-16H,4-7,10-11,14H2,1-3H3,(H,26,28)(H,23,24,25)/t16-/m1/s1. The zero-order valence-corrected chi connectivity index (χ0v) is 18.0. The summed E-state index contributed by atoms with van der Waals surface area (Å²) in [6.07, 6.45) is 5.14. The average molecular weight is 414 g/mol. The fraction of sp³-hybridized carbons (Fsp3) is 0.500. The smallest absolute Gasteiger partial charge is 0.224 e. The maximum Gasteiger partial charge on any atom is 0.224 e. The van der Waals surface area contributed by atoms with Gasteiger partial charge in [0.25, 0.3) is 0 Å². The number of nitrogens with zero attached hydrogens (tertiary/aromatic N) is 3. The minimum absolute atomic E-state index is 0.00735. The average Bonchev–Trinajstić information content (AvgIpc) is 2.78. The first-order chi connectivity index (χ1) is 14.6. The maximum absolute atomic E-state index is 12.5. The SMILES string of the molecule is CCNc1cc(N2CCC[C@H](CCC(=O)Nc3ccc(OC)cc3OC)C2)ncn1. The molecule has 0 bridgehead atoms. The summed E-state index contributed by atoms with van der Waals surface area (Å²) in [5.74, 6) is 3.52. The van der Waals surface area contributed by atoms with Gasteiger partial charge in [0, 0.05) is 38.2 Å². The van der Waals surface area contributed by atoms with E-state index in [1.165, 1.54) is 0 Å². The molecule has 1 fully saturated rings. The quantitative estimate of drug-likeness (QED) is 0.650. The van der Waals surface area contributed by atoms with Crippen molar-refractivity contribution in [1.82, 2.24) is 9.97 Å². The van der Waals surface area contributed by atoms with Crippen LogP contribution in [-0.4, -0.2) is 49.7 Å². The second-order valence-electron chi connectivity index (χ2n) is 7.40. The van der Waals surface area contributed by atoms with Gasteiger partial charge in [0.2, 0.25) is 5.91 Å². The van der Waals surface area contributed by atoms with Gasteiger partial charge in [0.15, 0.2) is 0 Å². The number of carbonyl (C=O) groups excluding carboxylic acids is 1. The number of aromatic nitrogens is 2. The van der Waals surface area contributed by atoms with Crippen molar-refractivity contribution < 1.29 is 14.3 Å². The van der Waals surface area contributed by atoms with Gasteiger partial charge in [-0.15, -0.1) is 0 Å². The van der Waals surface area contributed by atoms with E-state index in [1.54, 1.807) is 38.7 Å². The zero-order valence-electron chi connectivity index (χ0n) is 18.0. The van der Waals surface area contributed by atoms with E-state index in [0.29, 0.717) is 29.5 Å². The number of amides is 1. The normalized spacial score (nSPS) is 16.1. The van der Waals surface area contributed by atoms with E-state index < -0.39 is 0 Å². The predicted molar refractivity (Wildman–Crippen MR) is 119 cm³/mol. The molecule has 1 amide bonds. The van der Waals surface area contributed by atoms with E-state index in [1.807, 2.05) is 13.0 Å². The molecule has 0 unspecified atom stereocenters. The minimum Gasteiger partial charge on any atom is -0.497 e. The number of hydrogen-bond donors (Lipinski definition) is 2. The van der Waals surface area contributed by atoms with Gasteiger partial charge < -0.3 is 25.0 Å². The molecule has 2 aromatic rings. The highest BCUT2D eigenvalue weighted by Gasteiger charge is 2.22. The molecule has 1 aromatic carbocycles. The van der Waals surface area contributed by atoms with E-state index in [9.17, 15) is 4.79 Å². The molecule has 30 heavy (non-hydrogen) atoms. The summed E-state index contributed by atoms with van der Waals surface area (Å²) < 4.78 is 10.6. The molecule has 0 radical (unpaired) electrons. The molecule has 1 aliphatic heterocycles. The molecule has 1 saturated heterocycles.